The molecular formula is C15F25N. The Morgan fingerprint density at radius 1 is 0.341 bits per heavy atom. The second kappa shape index (κ2) is 8.12. The number of hydrogen-bond acceptors (Lipinski definition) is 1. The first kappa shape index (κ1) is 34.7. The number of rotatable bonds is 3. The van der Waals surface area contributed by atoms with E-state index in [-0.39, 0.29) is 0 Å². The average molecular weight is 669 g/mol. The first-order valence-corrected chi connectivity index (χ1v) is 8.90. The standard InChI is InChI=1S/C15F25N/c16-6(11(26,27)28,12(29,30)31)3-1(8(18,19)20)5(10(24,25)15(38,39)40)2(9(21,22)23)4(41(3)5)7(17,13(32,33)34)14(35,36)37. The summed E-state index contributed by atoms with van der Waals surface area (Å²) >= 11 is 0. The Morgan fingerprint density at radius 3 is 0.707 bits per heavy atom. The monoisotopic (exact) mass is 669 g/mol. The van der Waals surface area contributed by atoms with Crippen molar-refractivity contribution in [2.45, 2.75) is 66.0 Å². The molecule has 0 spiro atoms. The van der Waals surface area contributed by atoms with Gasteiger partial charge in [-0.1, -0.05) is 0 Å². The number of halogens is 25. The van der Waals surface area contributed by atoms with Crippen molar-refractivity contribution in [3.63, 3.8) is 0 Å². The molecule has 0 aromatic carbocycles. The van der Waals surface area contributed by atoms with Crippen LogP contribution >= 0.6 is 0 Å². The van der Waals surface area contributed by atoms with E-state index in [2.05, 4.69) is 0 Å². The summed E-state index contributed by atoms with van der Waals surface area (Å²) in [6.45, 7) is 0. The molecule has 2 aliphatic heterocycles. The molecule has 240 valence electrons. The molecule has 0 atom stereocenters. The first-order valence-electron chi connectivity index (χ1n) is 8.90. The van der Waals surface area contributed by atoms with Crippen molar-refractivity contribution in [2.24, 2.45) is 0 Å². The minimum Gasteiger partial charge on any atom is -0.320 e. The molecule has 1 nitrogen and oxygen atoms in total. The second-order valence-electron chi connectivity index (χ2n) is 7.87. The van der Waals surface area contributed by atoms with Crippen LogP contribution in [0.1, 0.15) is 0 Å². The molecule has 0 aromatic heterocycles. The lowest BCUT2D eigenvalue weighted by atomic mass is 9.56. The molecule has 2 heterocycles. The van der Waals surface area contributed by atoms with Crippen LogP contribution in [0.4, 0.5) is 110 Å². The fourth-order valence-electron chi connectivity index (χ4n) is 4.11. The Labute approximate surface area is 204 Å². The lowest BCUT2D eigenvalue weighted by Crippen LogP contribution is -2.86. The first-order chi connectivity index (χ1) is 17.4. The van der Waals surface area contributed by atoms with E-state index in [0.717, 1.165) is 0 Å². The third-order valence-electron chi connectivity index (χ3n) is 5.57. The van der Waals surface area contributed by atoms with Crippen LogP contribution in [0.5, 0.6) is 0 Å². The van der Waals surface area contributed by atoms with Gasteiger partial charge < -0.3 is 4.90 Å². The lowest BCUT2D eigenvalue weighted by Gasteiger charge is -2.69. The largest absolute Gasteiger partial charge is 0.456 e. The highest BCUT2D eigenvalue weighted by Crippen LogP contribution is 2.78. The van der Waals surface area contributed by atoms with E-state index in [9.17, 15) is 110 Å². The van der Waals surface area contributed by atoms with Gasteiger partial charge in [-0.15, -0.1) is 0 Å². The summed E-state index contributed by atoms with van der Waals surface area (Å²) in [4.78, 5) is -3.53. The Bertz CT molecular complexity index is 1030. The van der Waals surface area contributed by atoms with Gasteiger partial charge in [-0.3, -0.25) is 0 Å². The SMILES string of the molecule is FC(F)(F)C1=C(C(F)(C(F)(F)F)C(F)(F)F)N2C(C(F)(C(F)(F)F)C(F)(F)F)=C(C(F)(F)F)C12C(F)(F)C(F)(F)F. The predicted octanol–water partition coefficient (Wildman–Crippen LogP) is 8.55. The Balaban J connectivity index is 3.50. The van der Waals surface area contributed by atoms with Crippen molar-refractivity contribution in [3.05, 3.63) is 22.5 Å². The zero-order chi connectivity index (χ0) is 33.4. The highest BCUT2D eigenvalue weighted by molar-refractivity contribution is 5.70. The summed E-state index contributed by atoms with van der Waals surface area (Å²) in [6, 6.07) is 0. The number of alkyl halides is 25. The van der Waals surface area contributed by atoms with E-state index in [1.165, 1.54) is 0 Å². The van der Waals surface area contributed by atoms with Gasteiger partial charge >= 0.3 is 60.5 Å². The molecular weight excluding hydrogens is 669 g/mol. The second-order valence-corrected chi connectivity index (χ2v) is 7.87. The molecule has 0 fully saturated rings. The fourth-order valence-corrected chi connectivity index (χ4v) is 4.11. The molecule has 0 unspecified atom stereocenters. The smallest absolute Gasteiger partial charge is 0.320 e. The Morgan fingerprint density at radius 2 is 0.561 bits per heavy atom. The lowest BCUT2D eigenvalue weighted by molar-refractivity contribution is -0.376. The molecule has 0 bridgehead atoms. The summed E-state index contributed by atoms with van der Waals surface area (Å²) in [7, 11) is 0. The molecule has 0 amide bonds. The van der Waals surface area contributed by atoms with Crippen LogP contribution in [0.3, 0.4) is 0 Å². The van der Waals surface area contributed by atoms with E-state index in [1.54, 1.807) is 0 Å². The Kier molecular flexibility index (Phi) is 6.88. The van der Waals surface area contributed by atoms with Crippen LogP contribution in [0.25, 0.3) is 0 Å². The maximum atomic E-state index is 14.6. The van der Waals surface area contributed by atoms with E-state index in [1.807, 2.05) is 0 Å². The van der Waals surface area contributed by atoms with Crippen LogP contribution in [0, 0.1) is 0 Å². The fraction of sp³-hybridized carbons (Fsp3) is 0.733. The quantitative estimate of drug-likeness (QED) is 0.273. The molecule has 0 radical (unpaired) electrons. The molecule has 41 heavy (non-hydrogen) atoms. The van der Waals surface area contributed by atoms with Crippen molar-refractivity contribution in [3.8, 4) is 0 Å². The summed E-state index contributed by atoms with van der Waals surface area (Å²) in [6.07, 6.45) is -56.7. The van der Waals surface area contributed by atoms with Gasteiger partial charge in [0.15, 0.2) is 5.54 Å². The minimum atomic E-state index is -8.25. The van der Waals surface area contributed by atoms with Crippen molar-refractivity contribution in [1.82, 2.24) is 4.90 Å². The third-order valence-corrected chi connectivity index (χ3v) is 5.57. The van der Waals surface area contributed by atoms with Crippen LogP contribution < -0.4 is 0 Å². The molecule has 0 saturated heterocycles. The summed E-state index contributed by atoms with van der Waals surface area (Å²) in [5.74, 6) is -8.25. The number of fused-ring (bicyclic) bond motifs is 1. The molecule has 0 N–H and O–H groups in total. The minimum absolute atomic E-state index is 3.53. The zero-order valence-electron chi connectivity index (χ0n) is 17.4. The normalized spacial score (nSPS) is 20.3. The van der Waals surface area contributed by atoms with Crippen LogP contribution in [0.15, 0.2) is 22.5 Å². The molecule has 26 heteroatoms. The van der Waals surface area contributed by atoms with Crippen molar-refractivity contribution in [2.75, 3.05) is 0 Å². The van der Waals surface area contributed by atoms with Gasteiger partial charge in [0.1, 0.15) is 0 Å². The van der Waals surface area contributed by atoms with E-state index < -0.39 is 93.5 Å². The number of allylic oxidation sites excluding steroid dienone is 2. The van der Waals surface area contributed by atoms with Gasteiger partial charge in [0.2, 0.25) is 0 Å². The van der Waals surface area contributed by atoms with Crippen molar-refractivity contribution < 1.29 is 110 Å². The summed E-state index contributed by atoms with van der Waals surface area (Å²) in [5.41, 5.74) is -44.5. The van der Waals surface area contributed by atoms with E-state index >= 15 is 0 Å². The van der Waals surface area contributed by atoms with Crippen LogP contribution in [-0.2, 0) is 0 Å². The van der Waals surface area contributed by atoms with Gasteiger partial charge in [-0.25, -0.2) is 8.78 Å². The Hall–Kier alpha value is -2.47. The summed E-state index contributed by atoms with van der Waals surface area (Å²) < 4.78 is 335. The highest BCUT2D eigenvalue weighted by Gasteiger charge is 2.97. The van der Waals surface area contributed by atoms with Gasteiger partial charge in [-0.2, -0.15) is 101 Å². The molecule has 0 aliphatic carbocycles. The van der Waals surface area contributed by atoms with Gasteiger partial charge in [-0.05, 0) is 0 Å². The average Bonchev–Trinajstić information content (AvgIpc) is 2.60. The third kappa shape index (κ3) is 3.95. The predicted molar refractivity (Wildman–Crippen MR) is 73.6 cm³/mol. The highest BCUT2D eigenvalue weighted by atomic mass is 19.5. The molecule has 0 aromatic rings. The maximum absolute atomic E-state index is 14.6. The van der Waals surface area contributed by atoms with Crippen molar-refractivity contribution >= 4 is 0 Å². The van der Waals surface area contributed by atoms with Gasteiger partial charge in [0, 0.05) is 0 Å². The molecule has 0 saturated carbocycles. The van der Waals surface area contributed by atoms with Crippen molar-refractivity contribution in [1.29, 1.82) is 0 Å². The number of nitrogens with zero attached hydrogens (tertiary/aromatic N) is 1. The van der Waals surface area contributed by atoms with E-state index in [4.69, 9.17) is 0 Å². The van der Waals surface area contributed by atoms with Gasteiger partial charge in [0.25, 0.3) is 0 Å². The summed E-state index contributed by atoms with van der Waals surface area (Å²) in [5, 5.41) is 0. The van der Waals surface area contributed by atoms with Crippen LogP contribution in [0.2, 0.25) is 0 Å². The maximum Gasteiger partial charge on any atom is 0.456 e. The number of hydrogen-bond donors (Lipinski definition) is 0. The van der Waals surface area contributed by atoms with Crippen LogP contribution in [-0.4, -0.2) is 70.9 Å². The molecule has 2 aliphatic rings. The molecule has 2 rings (SSSR count). The van der Waals surface area contributed by atoms with E-state index in [0.29, 0.717) is 0 Å². The topological polar surface area (TPSA) is 3.24 Å². The van der Waals surface area contributed by atoms with Gasteiger partial charge in [0.05, 0.1) is 22.5 Å². The zero-order valence-corrected chi connectivity index (χ0v) is 17.4.